The number of anilines is 1. The Morgan fingerprint density at radius 3 is 2.38 bits per heavy atom. The fourth-order valence-corrected chi connectivity index (χ4v) is 6.22. The van der Waals surface area contributed by atoms with Crippen LogP contribution in [0, 0.1) is 20.8 Å². The first kappa shape index (κ1) is 34.4. The van der Waals surface area contributed by atoms with E-state index in [-0.39, 0.29) is 18.1 Å². The van der Waals surface area contributed by atoms with Crippen molar-refractivity contribution in [2.75, 3.05) is 24.6 Å². The number of fused-ring (bicyclic) bond motifs is 7. The molecule has 2 aromatic carbocycles. The van der Waals surface area contributed by atoms with Crippen LogP contribution in [-0.4, -0.2) is 67.8 Å². The molecule has 3 aliphatic rings. The zero-order valence-corrected chi connectivity index (χ0v) is 29.2. The van der Waals surface area contributed by atoms with Crippen molar-refractivity contribution in [1.29, 1.82) is 0 Å². The number of aryl methyl sites for hydroxylation is 3. The molecule has 9 nitrogen and oxygen atoms in total. The van der Waals surface area contributed by atoms with Crippen molar-refractivity contribution in [1.82, 2.24) is 14.6 Å². The van der Waals surface area contributed by atoms with Crippen LogP contribution in [0.1, 0.15) is 82.7 Å². The van der Waals surface area contributed by atoms with Gasteiger partial charge < -0.3 is 24.6 Å². The summed E-state index contributed by atoms with van der Waals surface area (Å²) in [5, 5.41) is 23.4. The monoisotopic (exact) mass is 642 g/mol. The average molecular weight is 643 g/mol. The van der Waals surface area contributed by atoms with Gasteiger partial charge in [-0.1, -0.05) is 18.2 Å². The Labute approximate surface area is 278 Å². The molecule has 2 N–H and O–H groups in total. The lowest BCUT2D eigenvalue weighted by atomic mass is 9.92. The van der Waals surface area contributed by atoms with Crippen LogP contribution in [0.4, 0.5) is 5.82 Å². The molecule has 0 aliphatic carbocycles. The van der Waals surface area contributed by atoms with E-state index in [1.54, 1.807) is 20.8 Å². The lowest BCUT2D eigenvalue weighted by Crippen LogP contribution is -2.45. The first-order valence-corrected chi connectivity index (χ1v) is 16.7. The fourth-order valence-electron chi connectivity index (χ4n) is 6.22. The largest absolute Gasteiger partial charge is 0.490 e. The Balaban J connectivity index is 0.000000807. The Kier molecular flexibility index (Phi) is 9.99. The van der Waals surface area contributed by atoms with Crippen molar-refractivity contribution in [3.8, 4) is 28.1 Å². The second kappa shape index (κ2) is 13.6. The van der Waals surface area contributed by atoms with Crippen molar-refractivity contribution in [2.24, 2.45) is 0 Å². The molecule has 0 amide bonds. The van der Waals surface area contributed by atoms with Gasteiger partial charge in [-0.25, -0.2) is 4.98 Å². The summed E-state index contributed by atoms with van der Waals surface area (Å²) in [6.45, 7) is 17.9. The van der Waals surface area contributed by atoms with Gasteiger partial charge in [-0.15, -0.1) is 0 Å². The smallest absolute Gasteiger partial charge is 0.308 e. The van der Waals surface area contributed by atoms with Gasteiger partial charge >= 0.3 is 5.97 Å². The highest BCUT2D eigenvalue weighted by atomic mass is 16.5. The summed E-state index contributed by atoms with van der Waals surface area (Å²) in [6, 6.07) is 14.7. The van der Waals surface area contributed by atoms with Crippen molar-refractivity contribution >= 4 is 17.4 Å². The lowest BCUT2D eigenvalue weighted by molar-refractivity contribution is -0.136. The van der Waals surface area contributed by atoms with Crippen molar-refractivity contribution in [3.63, 3.8) is 0 Å². The summed E-state index contributed by atoms with van der Waals surface area (Å²) < 4.78 is 14.9. The number of aliphatic carboxylic acids is 1. The number of nitrogens with zero attached hydrogens (tertiary/aromatic N) is 4. The Morgan fingerprint density at radius 1 is 1.04 bits per heavy atom. The number of piperidine rings is 1. The van der Waals surface area contributed by atoms with Crippen LogP contribution < -0.4 is 9.64 Å². The maximum absolute atomic E-state index is 11.9. The zero-order chi connectivity index (χ0) is 34.1. The minimum Gasteiger partial charge on any atom is -0.490 e. The molecule has 6 bridgehead atoms. The van der Waals surface area contributed by atoms with E-state index in [9.17, 15) is 9.90 Å². The number of aliphatic hydroxyl groups is 1. The molecule has 3 aliphatic heterocycles. The number of carbonyl (C=O) groups is 1. The first-order valence-electron chi connectivity index (χ1n) is 16.7. The Hall–Kier alpha value is -3.95. The van der Waals surface area contributed by atoms with Gasteiger partial charge in [0.2, 0.25) is 0 Å². The number of rotatable bonds is 2. The predicted octanol–water partition coefficient (Wildman–Crippen LogP) is 7.33. The van der Waals surface area contributed by atoms with Crippen LogP contribution in [0.2, 0.25) is 0 Å². The third-order valence-electron chi connectivity index (χ3n) is 8.93. The second-order valence-corrected chi connectivity index (χ2v) is 14.4. The van der Waals surface area contributed by atoms with E-state index in [2.05, 4.69) is 69.0 Å². The van der Waals surface area contributed by atoms with Crippen LogP contribution in [0.25, 0.3) is 28.0 Å². The van der Waals surface area contributed by atoms with Crippen molar-refractivity contribution < 1.29 is 24.5 Å². The molecule has 4 aromatic rings. The van der Waals surface area contributed by atoms with Crippen LogP contribution in [0.15, 0.2) is 42.5 Å². The number of carboxylic acids is 1. The second-order valence-electron chi connectivity index (χ2n) is 14.4. The molecule has 0 spiro atoms. The molecule has 2 aromatic heterocycles. The molecule has 7 rings (SSSR count). The topological polar surface area (TPSA) is 109 Å². The molecule has 1 atom stereocenters. The SMILES string of the molecule is CC(C)(C)O.Cc1cc2c(cc1C)-c1cccc(c1)-c1cc3nc(C)c(CC(=O)O)c(n3n1)N1CCC(C)(CC1)OCCCC(C)O2. The van der Waals surface area contributed by atoms with Gasteiger partial charge in [-0.3, -0.25) is 4.79 Å². The average Bonchev–Trinajstić information content (AvgIpc) is 3.40. The normalized spacial score (nSPS) is 20.0. The molecule has 1 saturated heterocycles. The van der Waals surface area contributed by atoms with E-state index in [4.69, 9.17) is 24.7 Å². The van der Waals surface area contributed by atoms with E-state index in [0.29, 0.717) is 17.8 Å². The highest BCUT2D eigenvalue weighted by Crippen LogP contribution is 2.37. The quantitative estimate of drug-likeness (QED) is 0.234. The van der Waals surface area contributed by atoms with Crippen LogP contribution in [0.3, 0.4) is 0 Å². The first-order chi connectivity index (χ1) is 22.1. The van der Waals surface area contributed by atoms with Crippen LogP contribution >= 0.6 is 0 Å². The van der Waals surface area contributed by atoms with Gasteiger partial charge in [0, 0.05) is 48.1 Å². The third-order valence-corrected chi connectivity index (χ3v) is 8.93. The van der Waals surface area contributed by atoms with Gasteiger partial charge in [0.1, 0.15) is 11.6 Å². The Bertz CT molecular complexity index is 1740. The van der Waals surface area contributed by atoms with Gasteiger partial charge in [0.15, 0.2) is 5.65 Å². The minimum absolute atomic E-state index is 0.0481. The fraction of sp³-hybridized carbons (Fsp3) is 0.500. The molecule has 1 fully saturated rings. The maximum Gasteiger partial charge on any atom is 0.308 e. The summed E-state index contributed by atoms with van der Waals surface area (Å²) >= 11 is 0. The number of hydrogen-bond donors (Lipinski definition) is 2. The molecule has 9 heteroatoms. The number of ether oxygens (including phenoxy) is 2. The van der Waals surface area contributed by atoms with E-state index in [0.717, 1.165) is 78.4 Å². The minimum atomic E-state index is -0.878. The molecule has 252 valence electrons. The predicted molar refractivity (Wildman–Crippen MR) is 187 cm³/mol. The van der Waals surface area contributed by atoms with E-state index in [1.807, 2.05) is 17.5 Å². The summed E-state index contributed by atoms with van der Waals surface area (Å²) in [5.41, 5.74) is 7.69. The van der Waals surface area contributed by atoms with Crippen molar-refractivity contribution in [3.05, 3.63) is 64.8 Å². The summed E-state index contributed by atoms with van der Waals surface area (Å²) in [4.78, 5) is 19.0. The van der Waals surface area contributed by atoms with E-state index < -0.39 is 11.6 Å². The molecule has 47 heavy (non-hydrogen) atoms. The lowest BCUT2D eigenvalue weighted by Gasteiger charge is -2.41. The summed E-state index contributed by atoms with van der Waals surface area (Å²) in [6.07, 6.45) is 3.45. The van der Waals surface area contributed by atoms with Crippen LogP contribution in [0.5, 0.6) is 5.75 Å². The summed E-state index contributed by atoms with van der Waals surface area (Å²) in [7, 11) is 0. The maximum atomic E-state index is 11.9. The third kappa shape index (κ3) is 8.32. The highest BCUT2D eigenvalue weighted by molar-refractivity contribution is 5.78. The number of carboxylic acid groups (broad SMARTS) is 1. The van der Waals surface area contributed by atoms with Gasteiger partial charge in [-0.2, -0.15) is 9.61 Å². The molecular weight excluding hydrogens is 592 g/mol. The van der Waals surface area contributed by atoms with Crippen LogP contribution in [-0.2, 0) is 16.0 Å². The van der Waals surface area contributed by atoms with E-state index >= 15 is 0 Å². The number of hydrogen-bond acceptors (Lipinski definition) is 7. The van der Waals surface area contributed by atoms with Crippen molar-refractivity contribution in [2.45, 2.75) is 105 Å². The Morgan fingerprint density at radius 2 is 1.70 bits per heavy atom. The molecule has 0 radical (unpaired) electrons. The standard InChI is InChI=1S/C34H40N4O4.C4H10O/c1-21-16-28-25-9-6-10-26(18-25)29-20-31-35-24(4)27(19-32(39)40)33(38(31)36-29)37-13-11-34(5,12-14-37)41-15-7-8-23(3)42-30(28)17-22(21)2;1-4(2,3)5/h6,9-10,16-18,20,23H,7-8,11-15,19H2,1-5H3,(H,39,40);5H,1-3H3. The molecule has 1 unspecified atom stereocenters. The molecule has 0 saturated carbocycles. The van der Waals surface area contributed by atoms with Gasteiger partial charge in [0.25, 0.3) is 0 Å². The highest BCUT2D eigenvalue weighted by Gasteiger charge is 2.33. The molecule has 5 heterocycles. The zero-order valence-electron chi connectivity index (χ0n) is 29.2. The number of benzene rings is 2. The van der Waals surface area contributed by atoms with Gasteiger partial charge in [-0.05, 0) is 116 Å². The number of aromatic nitrogens is 3. The van der Waals surface area contributed by atoms with Gasteiger partial charge in [0.05, 0.1) is 29.4 Å². The van der Waals surface area contributed by atoms with E-state index in [1.165, 1.54) is 11.1 Å². The summed E-state index contributed by atoms with van der Waals surface area (Å²) in [5.74, 6) is 0.825. The molecular formula is C38H50N4O5.